The molecule has 1 aromatic heterocycles. The molecule has 31 heavy (non-hydrogen) atoms. The van der Waals surface area contributed by atoms with Gasteiger partial charge < -0.3 is 19.8 Å². The van der Waals surface area contributed by atoms with Crippen LogP contribution in [0.2, 0.25) is 0 Å². The Morgan fingerprint density at radius 1 is 0.935 bits per heavy atom. The molecule has 3 rings (SSSR count). The van der Waals surface area contributed by atoms with Crippen LogP contribution in [0, 0.1) is 0 Å². The highest BCUT2D eigenvalue weighted by atomic mass is 16.6. The summed E-state index contributed by atoms with van der Waals surface area (Å²) in [6, 6.07) is 15.8. The highest BCUT2D eigenvalue weighted by Gasteiger charge is 2.21. The molecule has 0 saturated carbocycles. The fourth-order valence-corrected chi connectivity index (χ4v) is 2.79. The number of benzene rings is 2. The molecule has 0 fully saturated rings. The SMILES string of the molecule is CCOc1oc(=O)c(NC(=O)c2ccc(NC(C)=O)cc2)cc1C(=O)c1ccccc1. The number of hydrogen-bond acceptors (Lipinski definition) is 6. The molecule has 0 aliphatic rings. The molecule has 2 amide bonds. The van der Waals surface area contributed by atoms with Crippen molar-refractivity contribution < 1.29 is 23.5 Å². The zero-order valence-electron chi connectivity index (χ0n) is 16.9. The summed E-state index contributed by atoms with van der Waals surface area (Å²) in [5.41, 5.74) is 0.126. The highest BCUT2D eigenvalue weighted by Crippen LogP contribution is 2.23. The third-order valence-corrected chi connectivity index (χ3v) is 4.19. The quantitative estimate of drug-likeness (QED) is 0.566. The molecule has 158 valence electrons. The normalized spacial score (nSPS) is 10.3. The topological polar surface area (TPSA) is 115 Å². The number of rotatable bonds is 7. The number of hydrogen-bond donors (Lipinski definition) is 2. The number of ketones is 1. The Morgan fingerprint density at radius 2 is 1.61 bits per heavy atom. The number of anilines is 2. The van der Waals surface area contributed by atoms with Crippen LogP contribution >= 0.6 is 0 Å². The third-order valence-electron chi connectivity index (χ3n) is 4.19. The Balaban J connectivity index is 1.90. The standard InChI is InChI=1S/C23H20N2O6/c1-3-30-23-18(20(27)15-7-5-4-6-8-15)13-19(22(29)31-23)25-21(28)16-9-11-17(12-10-16)24-14(2)26/h4-13H,3H2,1-2H3,(H,24,26)(H,25,28). The molecular formula is C23H20N2O6. The van der Waals surface area contributed by atoms with Crippen molar-refractivity contribution in [2.75, 3.05) is 17.2 Å². The van der Waals surface area contributed by atoms with Gasteiger partial charge in [0.15, 0.2) is 5.78 Å². The van der Waals surface area contributed by atoms with Crippen molar-refractivity contribution in [3.8, 4) is 5.95 Å². The predicted molar refractivity (Wildman–Crippen MR) is 115 cm³/mol. The molecule has 0 bridgehead atoms. The van der Waals surface area contributed by atoms with Gasteiger partial charge in [-0.1, -0.05) is 30.3 Å². The van der Waals surface area contributed by atoms with E-state index in [0.29, 0.717) is 11.3 Å². The number of nitrogens with one attached hydrogen (secondary N) is 2. The summed E-state index contributed by atoms with van der Waals surface area (Å²) in [6.07, 6.45) is 0. The predicted octanol–water partition coefficient (Wildman–Crippen LogP) is 3.48. The Hall–Kier alpha value is -4.20. The average Bonchev–Trinajstić information content (AvgIpc) is 2.76. The van der Waals surface area contributed by atoms with Gasteiger partial charge >= 0.3 is 5.63 Å². The van der Waals surface area contributed by atoms with Crippen LogP contribution in [0.5, 0.6) is 5.95 Å². The van der Waals surface area contributed by atoms with Crippen molar-refractivity contribution in [1.82, 2.24) is 0 Å². The second-order valence-electron chi connectivity index (χ2n) is 6.49. The van der Waals surface area contributed by atoms with Gasteiger partial charge in [0.25, 0.3) is 11.9 Å². The van der Waals surface area contributed by atoms with Gasteiger partial charge in [-0.05, 0) is 37.3 Å². The Labute approximate surface area is 177 Å². The molecule has 1 heterocycles. The van der Waals surface area contributed by atoms with Crippen LogP contribution in [-0.4, -0.2) is 24.2 Å². The third kappa shape index (κ3) is 5.24. The average molecular weight is 420 g/mol. The van der Waals surface area contributed by atoms with Crippen LogP contribution in [0.3, 0.4) is 0 Å². The van der Waals surface area contributed by atoms with Crippen molar-refractivity contribution in [1.29, 1.82) is 0 Å². The molecule has 0 aliphatic heterocycles. The van der Waals surface area contributed by atoms with Gasteiger partial charge in [0.05, 0.1) is 6.61 Å². The molecule has 0 spiro atoms. The van der Waals surface area contributed by atoms with E-state index >= 15 is 0 Å². The smallest absolute Gasteiger partial charge is 0.362 e. The summed E-state index contributed by atoms with van der Waals surface area (Å²) in [5.74, 6) is -1.44. The second-order valence-corrected chi connectivity index (χ2v) is 6.49. The van der Waals surface area contributed by atoms with E-state index in [2.05, 4.69) is 10.6 Å². The number of carbonyl (C=O) groups is 3. The first-order chi connectivity index (χ1) is 14.9. The number of carbonyl (C=O) groups excluding carboxylic acids is 3. The van der Waals surface area contributed by atoms with Crippen LogP contribution in [0.15, 0.2) is 69.9 Å². The first-order valence-electron chi connectivity index (χ1n) is 9.48. The van der Waals surface area contributed by atoms with Crippen molar-refractivity contribution >= 4 is 29.0 Å². The minimum Gasteiger partial charge on any atom is -0.465 e. The van der Waals surface area contributed by atoms with Gasteiger partial charge in [0.1, 0.15) is 11.3 Å². The van der Waals surface area contributed by atoms with Crippen molar-refractivity contribution in [3.63, 3.8) is 0 Å². The van der Waals surface area contributed by atoms with E-state index in [0.717, 1.165) is 0 Å². The summed E-state index contributed by atoms with van der Waals surface area (Å²) in [5, 5.41) is 5.06. The van der Waals surface area contributed by atoms with Crippen LogP contribution in [0.25, 0.3) is 0 Å². The molecule has 0 atom stereocenters. The van der Waals surface area contributed by atoms with Crippen LogP contribution in [0.1, 0.15) is 40.1 Å². The van der Waals surface area contributed by atoms with Gasteiger partial charge in [0.2, 0.25) is 5.91 Å². The maximum Gasteiger partial charge on any atom is 0.362 e. The molecule has 0 radical (unpaired) electrons. The van der Waals surface area contributed by atoms with E-state index < -0.39 is 17.3 Å². The molecule has 0 unspecified atom stereocenters. The summed E-state index contributed by atoms with van der Waals surface area (Å²) in [7, 11) is 0. The molecule has 8 nitrogen and oxygen atoms in total. The zero-order chi connectivity index (χ0) is 22.4. The van der Waals surface area contributed by atoms with Gasteiger partial charge in [-0.25, -0.2) is 4.79 Å². The maximum absolute atomic E-state index is 12.9. The van der Waals surface area contributed by atoms with E-state index in [9.17, 15) is 19.2 Å². The lowest BCUT2D eigenvalue weighted by Crippen LogP contribution is -2.20. The maximum atomic E-state index is 12.9. The first kappa shape index (κ1) is 21.5. The Kier molecular flexibility index (Phi) is 6.61. The van der Waals surface area contributed by atoms with E-state index in [1.165, 1.54) is 25.1 Å². The molecule has 0 saturated heterocycles. The fraction of sp³-hybridized carbons (Fsp3) is 0.130. The summed E-state index contributed by atoms with van der Waals surface area (Å²) < 4.78 is 10.5. The van der Waals surface area contributed by atoms with E-state index in [1.807, 2.05) is 0 Å². The molecule has 8 heteroatoms. The lowest BCUT2D eigenvalue weighted by atomic mass is 10.0. The van der Waals surface area contributed by atoms with Gasteiger partial charge in [0, 0.05) is 23.7 Å². The Bertz CT molecular complexity index is 1170. The van der Waals surface area contributed by atoms with Crippen molar-refractivity contribution in [2.24, 2.45) is 0 Å². The van der Waals surface area contributed by atoms with Crippen molar-refractivity contribution in [2.45, 2.75) is 13.8 Å². The lowest BCUT2D eigenvalue weighted by molar-refractivity contribution is -0.114. The molecular weight excluding hydrogens is 400 g/mol. The number of amides is 2. The summed E-state index contributed by atoms with van der Waals surface area (Å²) >= 11 is 0. The molecule has 0 aliphatic carbocycles. The largest absolute Gasteiger partial charge is 0.465 e. The first-order valence-corrected chi connectivity index (χ1v) is 9.48. The number of ether oxygens (including phenoxy) is 1. The minimum absolute atomic E-state index is 0.0176. The van der Waals surface area contributed by atoms with Crippen LogP contribution in [-0.2, 0) is 4.79 Å². The van der Waals surface area contributed by atoms with Gasteiger partial charge in [-0.2, -0.15) is 0 Å². The zero-order valence-corrected chi connectivity index (χ0v) is 16.9. The minimum atomic E-state index is -0.851. The van der Waals surface area contributed by atoms with E-state index in [4.69, 9.17) is 9.15 Å². The summed E-state index contributed by atoms with van der Waals surface area (Å²) in [4.78, 5) is 48.9. The fourth-order valence-electron chi connectivity index (χ4n) is 2.79. The molecule has 2 N–H and O–H groups in total. The van der Waals surface area contributed by atoms with E-state index in [1.54, 1.807) is 49.4 Å². The van der Waals surface area contributed by atoms with Crippen LogP contribution in [0.4, 0.5) is 11.4 Å². The van der Waals surface area contributed by atoms with Crippen molar-refractivity contribution in [3.05, 3.63) is 87.8 Å². The van der Waals surface area contributed by atoms with Gasteiger partial charge in [-0.3, -0.25) is 14.4 Å². The van der Waals surface area contributed by atoms with Crippen LogP contribution < -0.4 is 21.0 Å². The lowest BCUT2D eigenvalue weighted by Gasteiger charge is -2.10. The van der Waals surface area contributed by atoms with Gasteiger partial charge in [-0.15, -0.1) is 0 Å². The summed E-state index contributed by atoms with van der Waals surface area (Å²) in [6.45, 7) is 3.25. The molecule has 2 aromatic carbocycles. The second kappa shape index (κ2) is 9.53. The molecule has 3 aromatic rings. The van der Waals surface area contributed by atoms with E-state index in [-0.39, 0.29) is 35.3 Å². The Morgan fingerprint density at radius 3 is 2.23 bits per heavy atom. The highest BCUT2D eigenvalue weighted by molar-refractivity contribution is 6.11. The monoisotopic (exact) mass is 420 g/mol.